The molecule has 0 fully saturated rings. The van der Waals surface area contributed by atoms with Gasteiger partial charge in [0, 0.05) is 65.1 Å². The van der Waals surface area contributed by atoms with Gasteiger partial charge < -0.3 is 34.3 Å². The van der Waals surface area contributed by atoms with Crippen molar-refractivity contribution in [3.8, 4) is 0 Å². The Morgan fingerprint density at radius 2 is 1.53 bits per heavy atom. The lowest BCUT2D eigenvalue weighted by atomic mass is 9.79. The van der Waals surface area contributed by atoms with Gasteiger partial charge in [0.05, 0.1) is 5.92 Å². The van der Waals surface area contributed by atoms with Gasteiger partial charge in [0.1, 0.15) is 0 Å². The Labute approximate surface area is 288 Å². The van der Waals surface area contributed by atoms with Gasteiger partial charge in [-0.2, -0.15) is 0 Å². The van der Waals surface area contributed by atoms with E-state index in [2.05, 4.69) is 33.9 Å². The number of rotatable bonds is 32. The fourth-order valence-electron chi connectivity index (χ4n) is 6.46. The molecule has 2 atom stereocenters. The molecular weight excluding hydrogens is 613 g/mol. The van der Waals surface area contributed by atoms with Crippen molar-refractivity contribution in [2.24, 2.45) is 11.8 Å². The van der Waals surface area contributed by atoms with Crippen LogP contribution in [-0.4, -0.2) is 96.9 Å². The molecule has 0 saturated carbocycles. The number of nitrogens with zero attached hydrogens (tertiary/aromatic N) is 1. The zero-order valence-electron chi connectivity index (χ0n) is 30.8. The number of aliphatic carboxylic acids is 1. The Morgan fingerprint density at radius 1 is 0.872 bits per heavy atom. The molecule has 0 aromatic heterocycles. The van der Waals surface area contributed by atoms with Crippen LogP contribution in [0, 0.1) is 11.8 Å². The lowest BCUT2D eigenvalue weighted by molar-refractivity contribution is -0.142. The van der Waals surface area contributed by atoms with Crippen molar-refractivity contribution in [2.75, 3.05) is 66.3 Å². The number of amides is 1. The van der Waals surface area contributed by atoms with Gasteiger partial charge in [-0.15, -0.1) is 0 Å². The van der Waals surface area contributed by atoms with E-state index in [1.807, 2.05) is 27.8 Å². The number of carbonyl (C=O) groups excluding carboxylic acids is 1. The zero-order chi connectivity index (χ0) is 34.6. The number of hydrogen-bond donors (Lipinski definition) is 4. The molecule has 0 spiro atoms. The van der Waals surface area contributed by atoms with Crippen LogP contribution in [0.25, 0.3) is 0 Å². The minimum absolute atomic E-state index is 0.132. The Hall–Kier alpha value is -1.34. The summed E-state index contributed by atoms with van der Waals surface area (Å²) in [5, 5.41) is 19.5. The molecule has 0 aliphatic heterocycles. The average molecular weight is 685 g/mol. The molecule has 2 unspecified atom stereocenters. The predicted octanol–water partition coefficient (Wildman–Crippen LogP) is 6.35. The van der Waals surface area contributed by atoms with Crippen LogP contribution in [0.5, 0.6) is 0 Å². The standard InChI is InChI=1S/C36H72N4O6Si/c1-6-10-11-15-19-32-28-33(30-34(29-32)36(42)43)20-16-13-12-14-17-21-35(41)39-24-26-40(25-23-37-5)31-38-22-18-27-47(44-7-2,45-8-3)46-9-4/h28,32,34,37-38H,6-27,29-31H2,1-5H3,(H,39,41)(H,42,43). The van der Waals surface area contributed by atoms with Crippen LogP contribution in [0.1, 0.15) is 124 Å². The summed E-state index contributed by atoms with van der Waals surface area (Å²) in [4.78, 5) is 26.5. The highest BCUT2D eigenvalue weighted by molar-refractivity contribution is 6.60. The first-order valence-electron chi connectivity index (χ1n) is 19.0. The van der Waals surface area contributed by atoms with E-state index in [1.54, 1.807) is 0 Å². The van der Waals surface area contributed by atoms with E-state index in [-0.39, 0.29) is 11.8 Å². The number of likely N-dealkylation sites (N-methyl/N-ethyl adjacent to an activating group) is 1. The molecule has 1 amide bonds. The van der Waals surface area contributed by atoms with Crippen LogP contribution < -0.4 is 16.0 Å². The summed E-state index contributed by atoms with van der Waals surface area (Å²) in [5.41, 5.74) is 1.36. The Bertz CT molecular complexity index is 816. The van der Waals surface area contributed by atoms with E-state index in [0.29, 0.717) is 38.7 Å². The largest absolute Gasteiger partial charge is 0.500 e. The van der Waals surface area contributed by atoms with Gasteiger partial charge in [-0.1, -0.05) is 63.5 Å². The van der Waals surface area contributed by atoms with Crippen molar-refractivity contribution >= 4 is 20.7 Å². The fraction of sp³-hybridized carbons (Fsp3) is 0.889. The normalized spacial score (nSPS) is 16.9. The molecule has 1 rings (SSSR count). The molecule has 0 aromatic rings. The summed E-state index contributed by atoms with van der Waals surface area (Å²) in [7, 11) is -0.642. The summed E-state index contributed by atoms with van der Waals surface area (Å²) >= 11 is 0. The van der Waals surface area contributed by atoms with Crippen molar-refractivity contribution < 1.29 is 28.0 Å². The number of carboxylic acids is 1. The first kappa shape index (κ1) is 43.7. The summed E-state index contributed by atoms with van der Waals surface area (Å²) in [6.45, 7) is 14.8. The Balaban J connectivity index is 2.25. The molecule has 10 nitrogen and oxygen atoms in total. The lowest BCUT2D eigenvalue weighted by Gasteiger charge is -2.28. The monoisotopic (exact) mass is 685 g/mol. The number of allylic oxidation sites excluding steroid dienone is 2. The van der Waals surface area contributed by atoms with Gasteiger partial charge in [0.2, 0.25) is 5.91 Å². The smallest absolute Gasteiger partial charge is 0.481 e. The summed E-state index contributed by atoms with van der Waals surface area (Å²) in [6.07, 6.45) is 17.9. The molecule has 276 valence electrons. The van der Waals surface area contributed by atoms with Crippen LogP contribution >= 0.6 is 0 Å². The molecular formula is C36H72N4O6Si. The van der Waals surface area contributed by atoms with Gasteiger partial charge >= 0.3 is 14.8 Å². The highest BCUT2D eigenvalue weighted by Gasteiger charge is 2.39. The van der Waals surface area contributed by atoms with Crippen LogP contribution in [0.4, 0.5) is 0 Å². The van der Waals surface area contributed by atoms with Gasteiger partial charge in [-0.3, -0.25) is 14.5 Å². The maximum Gasteiger partial charge on any atom is 0.500 e. The summed E-state index contributed by atoms with van der Waals surface area (Å²) in [6, 6.07) is 0.799. The third kappa shape index (κ3) is 21.4. The molecule has 0 saturated heterocycles. The number of carbonyl (C=O) groups is 2. The molecule has 0 radical (unpaired) electrons. The first-order chi connectivity index (χ1) is 22.8. The van der Waals surface area contributed by atoms with E-state index >= 15 is 0 Å². The number of carboxylic acid groups (broad SMARTS) is 1. The van der Waals surface area contributed by atoms with Crippen molar-refractivity contribution in [2.45, 2.75) is 130 Å². The van der Waals surface area contributed by atoms with Gasteiger partial charge in [0.15, 0.2) is 0 Å². The molecule has 1 aliphatic carbocycles. The van der Waals surface area contributed by atoms with E-state index < -0.39 is 14.8 Å². The van der Waals surface area contributed by atoms with Gasteiger partial charge in [-0.05, 0) is 85.2 Å². The SMILES string of the molecule is CCCCCCC1C=C(CCCCCCCC(=O)NCCN(CCNC)CNCCC[Si](OCC)(OCC)OCC)CC(C(=O)O)C1. The summed E-state index contributed by atoms with van der Waals surface area (Å²) < 4.78 is 17.9. The third-order valence-corrected chi connectivity index (χ3v) is 12.1. The number of hydrogen-bond acceptors (Lipinski definition) is 8. The Kier molecular flexibility index (Phi) is 26.5. The molecule has 1 aliphatic rings. The zero-order valence-corrected chi connectivity index (χ0v) is 31.8. The van der Waals surface area contributed by atoms with Crippen molar-refractivity contribution in [1.82, 2.24) is 20.9 Å². The second kappa shape index (κ2) is 28.5. The average Bonchev–Trinajstić information content (AvgIpc) is 3.05. The van der Waals surface area contributed by atoms with Gasteiger partial charge in [-0.25, -0.2) is 0 Å². The molecule has 0 aromatic carbocycles. The quantitative estimate of drug-likeness (QED) is 0.0278. The first-order valence-corrected chi connectivity index (χ1v) is 20.9. The Morgan fingerprint density at radius 3 is 2.19 bits per heavy atom. The highest BCUT2D eigenvalue weighted by atomic mass is 28.4. The highest BCUT2D eigenvalue weighted by Crippen LogP contribution is 2.34. The number of unbranched alkanes of at least 4 members (excludes halogenated alkanes) is 7. The predicted molar refractivity (Wildman–Crippen MR) is 194 cm³/mol. The van der Waals surface area contributed by atoms with Crippen molar-refractivity contribution in [3.63, 3.8) is 0 Å². The molecule has 47 heavy (non-hydrogen) atoms. The van der Waals surface area contributed by atoms with Crippen molar-refractivity contribution in [3.05, 3.63) is 11.6 Å². The van der Waals surface area contributed by atoms with Crippen molar-refractivity contribution in [1.29, 1.82) is 0 Å². The maximum absolute atomic E-state index is 12.5. The van der Waals surface area contributed by atoms with Crippen LogP contribution in [0.2, 0.25) is 6.04 Å². The van der Waals surface area contributed by atoms with E-state index in [1.165, 1.54) is 31.3 Å². The van der Waals surface area contributed by atoms with Crippen LogP contribution in [0.15, 0.2) is 11.6 Å². The van der Waals surface area contributed by atoms with E-state index in [4.69, 9.17) is 13.3 Å². The third-order valence-electron chi connectivity index (χ3n) is 8.94. The maximum atomic E-state index is 12.5. The minimum Gasteiger partial charge on any atom is -0.481 e. The molecule has 0 bridgehead atoms. The number of nitrogens with one attached hydrogen (secondary N) is 3. The summed E-state index contributed by atoms with van der Waals surface area (Å²) in [5.74, 6) is -0.279. The molecule has 0 heterocycles. The fourth-order valence-corrected chi connectivity index (χ4v) is 9.07. The second-order valence-electron chi connectivity index (χ2n) is 13.0. The minimum atomic E-state index is -2.60. The van der Waals surface area contributed by atoms with Crippen LogP contribution in [0.3, 0.4) is 0 Å². The molecule has 11 heteroatoms. The lowest BCUT2D eigenvalue weighted by Crippen LogP contribution is -2.47. The second-order valence-corrected chi connectivity index (χ2v) is 15.7. The topological polar surface area (TPSA) is 121 Å². The van der Waals surface area contributed by atoms with Crippen LogP contribution in [-0.2, 0) is 22.9 Å². The molecule has 4 N–H and O–H groups in total. The van der Waals surface area contributed by atoms with E-state index in [9.17, 15) is 14.7 Å². The van der Waals surface area contributed by atoms with E-state index in [0.717, 1.165) is 103 Å². The van der Waals surface area contributed by atoms with Gasteiger partial charge in [0.25, 0.3) is 0 Å².